The number of aromatic nitrogens is 2. The highest BCUT2D eigenvalue weighted by atomic mass is 15.4. The van der Waals surface area contributed by atoms with Crippen LogP contribution < -0.4 is 4.90 Å². The first kappa shape index (κ1) is 8.17. The molecule has 0 saturated carbocycles. The summed E-state index contributed by atoms with van der Waals surface area (Å²) in [7, 11) is 2.21. The Kier molecular flexibility index (Phi) is 1.70. The van der Waals surface area contributed by atoms with Crippen molar-refractivity contribution in [3.63, 3.8) is 0 Å². The van der Waals surface area contributed by atoms with Gasteiger partial charge in [-0.05, 0) is 13.5 Å². The van der Waals surface area contributed by atoms with Crippen molar-refractivity contribution in [2.75, 3.05) is 25.0 Å². The molecule has 0 unspecified atom stereocenters. The SMILES string of the molecule is CN1C[C@H]2C[C@@H]1CN2c1cnccn1. The van der Waals surface area contributed by atoms with E-state index in [0.29, 0.717) is 6.04 Å². The Balaban J connectivity index is 1.84. The standard InChI is InChI=1S/C10H14N4/c1-13-6-9-4-8(13)7-14(9)10-5-11-2-3-12-10/h2-3,5,8-9H,4,6-7H2,1H3/t8-,9-/m1/s1. The summed E-state index contributed by atoms with van der Waals surface area (Å²) >= 11 is 0. The number of fused-ring (bicyclic) bond motifs is 2. The highest BCUT2D eigenvalue weighted by Crippen LogP contribution is 2.31. The summed E-state index contributed by atoms with van der Waals surface area (Å²) in [5, 5.41) is 0. The maximum Gasteiger partial charge on any atom is 0.147 e. The van der Waals surface area contributed by atoms with Crippen molar-refractivity contribution in [1.29, 1.82) is 0 Å². The van der Waals surface area contributed by atoms with Gasteiger partial charge < -0.3 is 4.90 Å². The molecule has 3 heterocycles. The zero-order valence-electron chi connectivity index (χ0n) is 8.30. The normalized spacial score (nSPS) is 31.4. The van der Waals surface area contributed by atoms with Crippen molar-refractivity contribution in [1.82, 2.24) is 14.9 Å². The third-order valence-corrected chi connectivity index (χ3v) is 3.36. The summed E-state index contributed by atoms with van der Waals surface area (Å²) in [6, 6.07) is 1.38. The Bertz CT molecular complexity index is 324. The van der Waals surface area contributed by atoms with Gasteiger partial charge in [0.05, 0.1) is 6.20 Å². The van der Waals surface area contributed by atoms with Crippen LogP contribution in [-0.4, -0.2) is 47.1 Å². The van der Waals surface area contributed by atoms with Gasteiger partial charge in [0.1, 0.15) is 5.82 Å². The molecular weight excluding hydrogens is 176 g/mol. The van der Waals surface area contributed by atoms with E-state index in [1.807, 2.05) is 6.20 Å². The monoisotopic (exact) mass is 190 g/mol. The second-order valence-corrected chi connectivity index (χ2v) is 4.20. The van der Waals surface area contributed by atoms with E-state index in [1.54, 1.807) is 12.4 Å². The molecule has 2 aliphatic rings. The molecule has 0 amide bonds. The summed E-state index contributed by atoms with van der Waals surface area (Å²) in [6.45, 7) is 2.28. The average Bonchev–Trinajstić information content (AvgIpc) is 2.77. The summed E-state index contributed by atoms with van der Waals surface area (Å²) in [4.78, 5) is 13.3. The molecule has 1 aromatic rings. The Labute approximate surface area is 83.6 Å². The molecule has 0 N–H and O–H groups in total. The Morgan fingerprint density at radius 1 is 1.29 bits per heavy atom. The molecule has 0 aromatic carbocycles. The second-order valence-electron chi connectivity index (χ2n) is 4.20. The topological polar surface area (TPSA) is 32.3 Å². The van der Waals surface area contributed by atoms with Crippen LogP contribution in [0.5, 0.6) is 0 Å². The van der Waals surface area contributed by atoms with Crippen LogP contribution in [0.1, 0.15) is 6.42 Å². The van der Waals surface area contributed by atoms with Crippen molar-refractivity contribution in [3.8, 4) is 0 Å². The average molecular weight is 190 g/mol. The second kappa shape index (κ2) is 2.92. The van der Waals surface area contributed by atoms with E-state index < -0.39 is 0 Å². The minimum Gasteiger partial charge on any atom is -0.349 e. The van der Waals surface area contributed by atoms with Crippen LogP contribution in [0.4, 0.5) is 5.82 Å². The van der Waals surface area contributed by atoms with Crippen molar-refractivity contribution in [2.45, 2.75) is 18.5 Å². The Morgan fingerprint density at radius 2 is 2.21 bits per heavy atom. The van der Waals surface area contributed by atoms with Crippen molar-refractivity contribution in [3.05, 3.63) is 18.6 Å². The number of likely N-dealkylation sites (N-methyl/N-ethyl adjacent to an activating group) is 1. The molecule has 1 aromatic heterocycles. The van der Waals surface area contributed by atoms with Crippen molar-refractivity contribution < 1.29 is 0 Å². The molecule has 3 rings (SSSR count). The van der Waals surface area contributed by atoms with Crippen LogP contribution in [0.2, 0.25) is 0 Å². The first-order chi connectivity index (χ1) is 6.84. The number of hydrogen-bond acceptors (Lipinski definition) is 4. The third-order valence-electron chi connectivity index (χ3n) is 3.36. The lowest BCUT2D eigenvalue weighted by molar-refractivity contribution is 0.292. The smallest absolute Gasteiger partial charge is 0.147 e. The van der Waals surface area contributed by atoms with Gasteiger partial charge in [0.25, 0.3) is 0 Å². The van der Waals surface area contributed by atoms with Crippen molar-refractivity contribution in [2.24, 2.45) is 0 Å². The van der Waals surface area contributed by atoms with Gasteiger partial charge in [-0.3, -0.25) is 9.88 Å². The summed E-state index contributed by atoms with van der Waals surface area (Å²) in [5.41, 5.74) is 0. The maximum absolute atomic E-state index is 4.35. The lowest BCUT2D eigenvalue weighted by Crippen LogP contribution is -2.44. The van der Waals surface area contributed by atoms with E-state index in [-0.39, 0.29) is 0 Å². The van der Waals surface area contributed by atoms with Crippen LogP contribution in [-0.2, 0) is 0 Å². The van der Waals surface area contributed by atoms with Gasteiger partial charge in [0.2, 0.25) is 0 Å². The quantitative estimate of drug-likeness (QED) is 0.640. The first-order valence-corrected chi connectivity index (χ1v) is 5.07. The van der Waals surface area contributed by atoms with E-state index in [2.05, 4.69) is 26.8 Å². The number of nitrogens with zero attached hydrogens (tertiary/aromatic N) is 4. The molecule has 0 spiro atoms. The van der Waals surface area contributed by atoms with E-state index in [4.69, 9.17) is 0 Å². The van der Waals surface area contributed by atoms with Crippen LogP contribution in [0, 0.1) is 0 Å². The van der Waals surface area contributed by atoms with Crippen LogP contribution >= 0.6 is 0 Å². The minimum absolute atomic E-state index is 0.654. The molecule has 4 nitrogen and oxygen atoms in total. The number of likely N-dealkylation sites (tertiary alicyclic amines) is 1. The summed E-state index contributed by atoms with van der Waals surface area (Å²) < 4.78 is 0. The fourth-order valence-corrected chi connectivity index (χ4v) is 2.59. The molecule has 2 atom stereocenters. The van der Waals surface area contributed by atoms with Gasteiger partial charge in [-0.25, -0.2) is 4.98 Å². The number of anilines is 1. The van der Waals surface area contributed by atoms with Gasteiger partial charge in [-0.15, -0.1) is 0 Å². The first-order valence-electron chi connectivity index (χ1n) is 5.07. The van der Waals surface area contributed by atoms with Crippen LogP contribution in [0.15, 0.2) is 18.6 Å². The molecule has 2 bridgehead atoms. The van der Waals surface area contributed by atoms with Gasteiger partial charge in [0, 0.05) is 37.6 Å². The molecule has 14 heavy (non-hydrogen) atoms. The lowest BCUT2D eigenvalue weighted by atomic mass is 10.2. The van der Waals surface area contributed by atoms with E-state index >= 15 is 0 Å². The molecule has 0 radical (unpaired) electrons. The zero-order valence-corrected chi connectivity index (χ0v) is 8.30. The molecular formula is C10H14N4. The van der Waals surface area contributed by atoms with Crippen molar-refractivity contribution >= 4 is 5.82 Å². The van der Waals surface area contributed by atoms with Gasteiger partial charge in [-0.1, -0.05) is 0 Å². The summed E-state index contributed by atoms with van der Waals surface area (Å²) in [6.07, 6.45) is 6.64. The predicted octanol–water partition coefficient (Wildman–Crippen LogP) is 0.369. The largest absolute Gasteiger partial charge is 0.349 e. The van der Waals surface area contributed by atoms with Gasteiger partial charge in [-0.2, -0.15) is 0 Å². The number of rotatable bonds is 1. The Morgan fingerprint density at radius 3 is 2.79 bits per heavy atom. The van der Waals surface area contributed by atoms with E-state index in [1.165, 1.54) is 13.0 Å². The van der Waals surface area contributed by atoms with E-state index in [0.717, 1.165) is 18.4 Å². The predicted molar refractivity (Wildman–Crippen MR) is 54.2 cm³/mol. The molecule has 2 saturated heterocycles. The van der Waals surface area contributed by atoms with Crippen LogP contribution in [0.25, 0.3) is 0 Å². The molecule has 2 fully saturated rings. The zero-order chi connectivity index (χ0) is 9.54. The lowest BCUT2D eigenvalue weighted by Gasteiger charge is -2.32. The fraction of sp³-hybridized carbons (Fsp3) is 0.600. The number of piperazine rings is 1. The van der Waals surface area contributed by atoms with E-state index in [9.17, 15) is 0 Å². The fourth-order valence-electron chi connectivity index (χ4n) is 2.59. The highest BCUT2D eigenvalue weighted by molar-refractivity contribution is 5.40. The van der Waals surface area contributed by atoms with Gasteiger partial charge >= 0.3 is 0 Å². The maximum atomic E-state index is 4.35. The van der Waals surface area contributed by atoms with Crippen LogP contribution in [0.3, 0.4) is 0 Å². The molecule has 2 aliphatic heterocycles. The molecule has 4 heteroatoms. The Hall–Kier alpha value is -1.16. The third kappa shape index (κ3) is 1.10. The number of hydrogen-bond donors (Lipinski definition) is 0. The minimum atomic E-state index is 0.654. The highest BCUT2D eigenvalue weighted by Gasteiger charge is 2.41. The molecule has 0 aliphatic carbocycles. The summed E-state index contributed by atoms with van der Waals surface area (Å²) in [5.74, 6) is 1.04. The van der Waals surface area contributed by atoms with Gasteiger partial charge in [0.15, 0.2) is 0 Å². The molecule has 74 valence electrons.